The Balaban J connectivity index is 1.71. The number of benzene rings is 1. The van der Waals surface area contributed by atoms with Crippen molar-refractivity contribution >= 4 is 11.8 Å². The van der Waals surface area contributed by atoms with E-state index in [-0.39, 0.29) is 12.1 Å². The molecule has 3 aromatic rings. The van der Waals surface area contributed by atoms with E-state index in [0.717, 1.165) is 24.2 Å². The fraction of sp³-hybridized carbons (Fsp3) is 0.250. The molecule has 0 aliphatic rings. The van der Waals surface area contributed by atoms with Gasteiger partial charge in [0.2, 0.25) is 0 Å². The topological polar surface area (TPSA) is 63.1 Å². The van der Waals surface area contributed by atoms with Crippen molar-refractivity contribution in [2.75, 3.05) is 12.4 Å². The van der Waals surface area contributed by atoms with Crippen LogP contribution in [0.25, 0.3) is 5.69 Å². The molecule has 2 heterocycles. The van der Waals surface area contributed by atoms with Gasteiger partial charge in [0.25, 0.3) is 0 Å². The molecule has 0 aliphatic carbocycles. The first-order chi connectivity index (χ1) is 12.7. The second-order valence-corrected chi connectivity index (χ2v) is 6.08. The summed E-state index contributed by atoms with van der Waals surface area (Å²) < 4.78 is 1.73. The summed E-state index contributed by atoms with van der Waals surface area (Å²) in [6, 6.07) is 17.1. The summed E-state index contributed by atoms with van der Waals surface area (Å²) in [5.41, 5.74) is 1.83. The smallest absolute Gasteiger partial charge is 0.319 e. The van der Waals surface area contributed by atoms with Gasteiger partial charge in [0.15, 0.2) is 5.82 Å². The van der Waals surface area contributed by atoms with Gasteiger partial charge in [0, 0.05) is 25.5 Å². The Hall–Kier alpha value is -3.15. The highest BCUT2D eigenvalue weighted by Gasteiger charge is 2.22. The summed E-state index contributed by atoms with van der Waals surface area (Å²) >= 11 is 0. The second-order valence-electron chi connectivity index (χ2n) is 6.08. The Labute approximate surface area is 153 Å². The van der Waals surface area contributed by atoms with E-state index in [4.69, 9.17) is 0 Å². The molecule has 6 nitrogen and oxygen atoms in total. The van der Waals surface area contributed by atoms with Gasteiger partial charge < -0.3 is 4.90 Å². The van der Waals surface area contributed by atoms with Crippen LogP contribution in [0.2, 0.25) is 0 Å². The number of rotatable bonds is 6. The molecule has 1 N–H and O–H groups in total. The van der Waals surface area contributed by atoms with Crippen LogP contribution in [0.3, 0.4) is 0 Å². The van der Waals surface area contributed by atoms with E-state index in [0.29, 0.717) is 5.82 Å². The number of urea groups is 1. The van der Waals surface area contributed by atoms with Crippen LogP contribution in [0, 0.1) is 0 Å². The number of hydrogen-bond donors (Lipinski definition) is 1. The van der Waals surface area contributed by atoms with Gasteiger partial charge in [-0.1, -0.05) is 37.6 Å². The molecule has 0 radical (unpaired) electrons. The molecular weight excluding hydrogens is 326 g/mol. The van der Waals surface area contributed by atoms with Crippen molar-refractivity contribution < 1.29 is 4.79 Å². The summed E-state index contributed by atoms with van der Waals surface area (Å²) in [4.78, 5) is 18.8. The number of amides is 2. The molecule has 3 rings (SSSR count). The minimum atomic E-state index is -0.201. The lowest BCUT2D eigenvalue weighted by atomic mass is 10.1. The molecule has 134 valence electrons. The Morgan fingerprint density at radius 2 is 1.92 bits per heavy atom. The third kappa shape index (κ3) is 4.08. The maximum Gasteiger partial charge on any atom is 0.323 e. The minimum absolute atomic E-state index is 0.0718. The average Bonchev–Trinajstić information content (AvgIpc) is 3.15. The molecule has 1 aromatic carbocycles. The molecule has 0 unspecified atom stereocenters. The molecule has 0 saturated carbocycles. The maximum absolute atomic E-state index is 12.7. The first-order valence-corrected chi connectivity index (χ1v) is 8.75. The molecule has 0 aliphatic heterocycles. The predicted octanol–water partition coefficient (Wildman–Crippen LogP) is 4.27. The van der Waals surface area contributed by atoms with Crippen molar-refractivity contribution in [2.24, 2.45) is 0 Å². The molecular formula is C20H23N5O. The summed E-state index contributed by atoms with van der Waals surface area (Å²) in [5, 5.41) is 7.29. The molecule has 0 bridgehead atoms. The third-order valence-electron chi connectivity index (χ3n) is 4.22. The molecule has 0 spiro atoms. The van der Waals surface area contributed by atoms with E-state index in [2.05, 4.69) is 22.3 Å². The number of hydrogen-bond acceptors (Lipinski definition) is 3. The van der Waals surface area contributed by atoms with Gasteiger partial charge in [-0.15, -0.1) is 5.10 Å². The van der Waals surface area contributed by atoms with Gasteiger partial charge in [-0.3, -0.25) is 10.3 Å². The second kappa shape index (κ2) is 8.29. The molecule has 2 amide bonds. The Morgan fingerprint density at radius 3 is 2.62 bits per heavy atom. The standard InChI is InChI=1S/C20H23N5O/c1-3-9-18(17-12-7-8-14-21-17)24(2)20(26)22-19-13-15-25(23-19)16-10-5-4-6-11-16/h4-8,10-15,18H,3,9H2,1-2H3,(H,22,23,26)/t18-/m1/s1. The van der Waals surface area contributed by atoms with E-state index in [1.165, 1.54) is 0 Å². The molecule has 6 heteroatoms. The van der Waals surface area contributed by atoms with Crippen molar-refractivity contribution in [3.63, 3.8) is 0 Å². The number of aromatic nitrogens is 3. The van der Waals surface area contributed by atoms with Crippen molar-refractivity contribution in [1.82, 2.24) is 19.7 Å². The highest BCUT2D eigenvalue weighted by Crippen LogP contribution is 2.23. The van der Waals surface area contributed by atoms with Crippen molar-refractivity contribution in [3.05, 3.63) is 72.7 Å². The highest BCUT2D eigenvalue weighted by molar-refractivity contribution is 5.88. The van der Waals surface area contributed by atoms with Crippen LogP contribution in [0.4, 0.5) is 10.6 Å². The van der Waals surface area contributed by atoms with E-state index in [1.807, 2.05) is 54.7 Å². The van der Waals surface area contributed by atoms with Crippen LogP contribution in [0.1, 0.15) is 31.5 Å². The Morgan fingerprint density at radius 1 is 1.15 bits per heavy atom. The zero-order chi connectivity index (χ0) is 18.4. The number of carbonyl (C=O) groups is 1. The first kappa shape index (κ1) is 17.7. The molecule has 0 fully saturated rings. The zero-order valence-electron chi connectivity index (χ0n) is 15.0. The largest absolute Gasteiger partial charge is 0.323 e. The van der Waals surface area contributed by atoms with Gasteiger partial charge in [0.1, 0.15) is 0 Å². The quantitative estimate of drug-likeness (QED) is 0.723. The SMILES string of the molecule is CCC[C@H](c1ccccn1)N(C)C(=O)Nc1ccn(-c2ccccc2)n1. The average molecular weight is 349 g/mol. The summed E-state index contributed by atoms with van der Waals surface area (Å²) in [6.07, 6.45) is 5.39. The number of pyridine rings is 1. The molecule has 2 aromatic heterocycles. The fourth-order valence-electron chi connectivity index (χ4n) is 2.84. The zero-order valence-corrected chi connectivity index (χ0v) is 15.0. The van der Waals surface area contributed by atoms with Crippen LogP contribution in [-0.2, 0) is 0 Å². The van der Waals surface area contributed by atoms with Gasteiger partial charge in [-0.2, -0.15) is 0 Å². The van der Waals surface area contributed by atoms with E-state index in [9.17, 15) is 4.79 Å². The molecule has 1 atom stereocenters. The van der Waals surface area contributed by atoms with Crippen LogP contribution >= 0.6 is 0 Å². The molecule has 0 saturated heterocycles. The molecule has 26 heavy (non-hydrogen) atoms. The van der Waals surface area contributed by atoms with Crippen molar-refractivity contribution in [1.29, 1.82) is 0 Å². The number of carbonyl (C=O) groups excluding carboxylic acids is 1. The first-order valence-electron chi connectivity index (χ1n) is 8.75. The lowest BCUT2D eigenvalue weighted by Gasteiger charge is -2.27. The number of nitrogens with one attached hydrogen (secondary N) is 1. The monoisotopic (exact) mass is 349 g/mol. The summed E-state index contributed by atoms with van der Waals surface area (Å²) in [7, 11) is 1.79. The predicted molar refractivity (Wildman–Crippen MR) is 102 cm³/mol. The van der Waals surface area contributed by atoms with E-state index in [1.54, 1.807) is 28.9 Å². The van der Waals surface area contributed by atoms with E-state index >= 15 is 0 Å². The number of anilines is 1. The maximum atomic E-state index is 12.7. The van der Waals surface area contributed by atoms with Crippen molar-refractivity contribution in [3.8, 4) is 5.69 Å². The van der Waals surface area contributed by atoms with Crippen LogP contribution in [-0.4, -0.2) is 32.7 Å². The minimum Gasteiger partial charge on any atom is -0.319 e. The summed E-state index contributed by atoms with van der Waals surface area (Å²) in [6.45, 7) is 2.10. The highest BCUT2D eigenvalue weighted by atomic mass is 16.2. The van der Waals surface area contributed by atoms with Crippen LogP contribution in [0.5, 0.6) is 0 Å². The van der Waals surface area contributed by atoms with Gasteiger partial charge in [-0.25, -0.2) is 9.48 Å². The van der Waals surface area contributed by atoms with Gasteiger partial charge in [-0.05, 0) is 30.7 Å². The summed E-state index contributed by atoms with van der Waals surface area (Å²) in [5.74, 6) is 0.516. The number of para-hydroxylation sites is 1. The normalized spacial score (nSPS) is 11.8. The van der Waals surface area contributed by atoms with Gasteiger partial charge in [0.05, 0.1) is 17.4 Å². The Kier molecular flexibility index (Phi) is 5.63. The number of nitrogens with zero attached hydrogens (tertiary/aromatic N) is 4. The van der Waals surface area contributed by atoms with Crippen LogP contribution in [0.15, 0.2) is 67.0 Å². The lowest BCUT2D eigenvalue weighted by molar-refractivity contribution is 0.199. The van der Waals surface area contributed by atoms with Crippen LogP contribution < -0.4 is 5.32 Å². The Bertz CT molecular complexity index is 832. The lowest BCUT2D eigenvalue weighted by Crippen LogP contribution is -2.35. The fourth-order valence-corrected chi connectivity index (χ4v) is 2.84. The van der Waals surface area contributed by atoms with Crippen molar-refractivity contribution in [2.45, 2.75) is 25.8 Å². The third-order valence-corrected chi connectivity index (χ3v) is 4.22. The van der Waals surface area contributed by atoms with Gasteiger partial charge >= 0.3 is 6.03 Å². The van der Waals surface area contributed by atoms with E-state index < -0.39 is 0 Å².